The molecule has 0 amide bonds. The molecule has 1 aromatic rings. The standard InChI is InChI=1S/C19H32N2O.2ClH/c1-3-5-6-7-14-20-17-8-10-18(11-9-17)22-19-12-15-21(4-2)16-13-19;;/h8-11,19-20H,3-7,12-16H2,1-2H3;2*1H. The van der Waals surface area contributed by atoms with E-state index in [0.717, 1.165) is 31.7 Å². The topological polar surface area (TPSA) is 24.5 Å². The summed E-state index contributed by atoms with van der Waals surface area (Å²) in [5.41, 5.74) is 1.20. The van der Waals surface area contributed by atoms with Crippen LogP contribution in [0.1, 0.15) is 52.4 Å². The van der Waals surface area contributed by atoms with Crippen LogP contribution in [0.2, 0.25) is 0 Å². The molecule has 0 radical (unpaired) electrons. The van der Waals surface area contributed by atoms with Crippen LogP contribution in [-0.2, 0) is 0 Å². The molecule has 0 aromatic heterocycles. The fourth-order valence-corrected chi connectivity index (χ4v) is 2.97. The normalized spacial score (nSPS) is 15.2. The first kappa shape index (κ1) is 23.4. The molecule has 140 valence electrons. The van der Waals surface area contributed by atoms with E-state index in [1.165, 1.54) is 44.5 Å². The average Bonchev–Trinajstić information content (AvgIpc) is 2.57. The van der Waals surface area contributed by atoms with Crippen molar-refractivity contribution >= 4 is 30.5 Å². The Morgan fingerprint density at radius 3 is 2.25 bits per heavy atom. The number of piperidine rings is 1. The number of nitrogens with one attached hydrogen (secondary N) is 1. The summed E-state index contributed by atoms with van der Waals surface area (Å²) in [5, 5.41) is 3.49. The van der Waals surface area contributed by atoms with E-state index in [9.17, 15) is 0 Å². The third-order valence-electron chi connectivity index (χ3n) is 4.50. The molecule has 1 aliphatic rings. The van der Waals surface area contributed by atoms with Gasteiger partial charge in [0.05, 0.1) is 0 Å². The number of hydrogen-bond acceptors (Lipinski definition) is 3. The van der Waals surface area contributed by atoms with Crippen molar-refractivity contribution in [2.45, 2.75) is 58.5 Å². The van der Waals surface area contributed by atoms with Gasteiger partial charge in [-0.1, -0.05) is 33.1 Å². The van der Waals surface area contributed by atoms with Gasteiger partial charge in [-0.2, -0.15) is 0 Å². The fourth-order valence-electron chi connectivity index (χ4n) is 2.97. The molecular formula is C19H34Cl2N2O. The van der Waals surface area contributed by atoms with Gasteiger partial charge in [0.25, 0.3) is 0 Å². The number of nitrogens with zero attached hydrogens (tertiary/aromatic N) is 1. The molecule has 1 heterocycles. The zero-order valence-corrected chi connectivity index (χ0v) is 16.8. The van der Waals surface area contributed by atoms with E-state index in [2.05, 4.69) is 48.3 Å². The summed E-state index contributed by atoms with van der Waals surface area (Å²) < 4.78 is 6.11. The minimum Gasteiger partial charge on any atom is -0.490 e. The minimum absolute atomic E-state index is 0. The Labute approximate surface area is 160 Å². The van der Waals surface area contributed by atoms with Crippen LogP contribution in [0.3, 0.4) is 0 Å². The molecule has 0 spiro atoms. The third-order valence-corrected chi connectivity index (χ3v) is 4.50. The number of halogens is 2. The highest BCUT2D eigenvalue weighted by Crippen LogP contribution is 2.21. The number of unbranched alkanes of at least 4 members (excludes halogenated alkanes) is 3. The van der Waals surface area contributed by atoms with Crippen LogP contribution in [0, 0.1) is 0 Å². The van der Waals surface area contributed by atoms with Crippen molar-refractivity contribution in [3.63, 3.8) is 0 Å². The molecule has 1 aliphatic heterocycles. The van der Waals surface area contributed by atoms with E-state index < -0.39 is 0 Å². The van der Waals surface area contributed by atoms with Gasteiger partial charge >= 0.3 is 0 Å². The van der Waals surface area contributed by atoms with E-state index in [1.54, 1.807) is 0 Å². The molecular weight excluding hydrogens is 343 g/mol. The maximum atomic E-state index is 6.11. The van der Waals surface area contributed by atoms with Crippen molar-refractivity contribution < 1.29 is 4.74 Å². The maximum absolute atomic E-state index is 6.11. The number of anilines is 1. The molecule has 0 aliphatic carbocycles. The smallest absolute Gasteiger partial charge is 0.119 e. The van der Waals surface area contributed by atoms with Crippen LogP contribution >= 0.6 is 24.8 Å². The predicted octanol–water partition coefficient (Wildman–Crippen LogP) is 5.39. The van der Waals surface area contributed by atoms with E-state index in [4.69, 9.17) is 4.74 Å². The van der Waals surface area contributed by atoms with Gasteiger partial charge < -0.3 is 15.0 Å². The molecule has 1 saturated heterocycles. The summed E-state index contributed by atoms with van der Waals surface area (Å²) in [4.78, 5) is 2.49. The first-order chi connectivity index (χ1) is 10.8. The number of likely N-dealkylation sites (tertiary alicyclic amines) is 1. The Hall–Kier alpha value is -0.640. The zero-order valence-electron chi connectivity index (χ0n) is 15.1. The molecule has 3 nitrogen and oxygen atoms in total. The summed E-state index contributed by atoms with van der Waals surface area (Å²) in [5.74, 6) is 1.01. The number of benzene rings is 1. The first-order valence-corrected chi connectivity index (χ1v) is 9.04. The highest BCUT2D eigenvalue weighted by atomic mass is 35.5. The molecule has 1 fully saturated rings. The highest BCUT2D eigenvalue weighted by molar-refractivity contribution is 5.85. The van der Waals surface area contributed by atoms with Gasteiger partial charge in [0.1, 0.15) is 11.9 Å². The molecule has 0 unspecified atom stereocenters. The van der Waals surface area contributed by atoms with E-state index in [-0.39, 0.29) is 24.8 Å². The van der Waals surface area contributed by atoms with Gasteiger partial charge in [0, 0.05) is 25.3 Å². The summed E-state index contributed by atoms with van der Waals surface area (Å²) in [6.07, 6.45) is 7.88. The molecule has 2 rings (SSSR count). The molecule has 1 N–H and O–H groups in total. The van der Waals surface area contributed by atoms with Crippen LogP contribution in [0.25, 0.3) is 0 Å². The summed E-state index contributed by atoms with van der Waals surface area (Å²) >= 11 is 0. The van der Waals surface area contributed by atoms with Crippen molar-refractivity contribution in [1.29, 1.82) is 0 Å². The van der Waals surface area contributed by atoms with Crippen molar-refractivity contribution in [3.8, 4) is 5.75 Å². The van der Waals surface area contributed by atoms with Gasteiger partial charge in [0.15, 0.2) is 0 Å². The zero-order chi connectivity index (χ0) is 15.6. The third kappa shape index (κ3) is 8.46. The Kier molecular flexibility index (Phi) is 13.3. The molecule has 5 heteroatoms. The molecule has 24 heavy (non-hydrogen) atoms. The fraction of sp³-hybridized carbons (Fsp3) is 0.684. The lowest BCUT2D eigenvalue weighted by molar-refractivity contribution is 0.104. The number of rotatable bonds is 9. The average molecular weight is 377 g/mol. The monoisotopic (exact) mass is 376 g/mol. The lowest BCUT2D eigenvalue weighted by Gasteiger charge is -2.31. The number of ether oxygens (including phenoxy) is 1. The molecule has 0 atom stereocenters. The van der Waals surface area contributed by atoms with Crippen molar-refractivity contribution in [2.75, 3.05) is 31.5 Å². The van der Waals surface area contributed by atoms with E-state index in [0.29, 0.717) is 6.10 Å². The van der Waals surface area contributed by atoms with Crippen molar-refractivity contribution in [1.82, 2.24) is 4.90 Å². The first-order valence-electron chi connectivity index (χ1n) is 9.04. The van der Waals surface area contributed by atoms with Crippen LogP contribution in [0.15, 0.2) is 24.3 Å². The summed E-state index contributed by atoms with van der Waals surface area (Å²) in [6.45, 7) is 9.03. The second kappa shape index (κ2) is 13.6. The Morgan fingerprint density at radius 2 is 1.67 bits per heavy atom. The second-order valence-corrected chi connectivity index (χ2v) is 6.26. The van der Waals surface area contributed by atoms with Crippen LogP contribution in [-0.4, -0.2) is 37.2 Å². The highest BCUT2D eigenvalue weighted by Gasteiger charge is 2.19. The van der Waals surface area contributed by atoms with Gasteiger partial charge in [-0.15, -0.1) is 24.8 Å². The van der Waals surface area contributed by atoms with E-state index in [1.807, 2.05) is 0 Å². The summed E-state index contributed by atoms with van der Waals surface area (Å²) in [7, 11) is 0. The SMILES string of the molecule is CCCCCCNc1ccc(OC2CCN(CC)CC2)cc1.Cl.Cl. The second-order valence-electron chi connectivity index (χ2n) is 6.26. The molecule has 1 aromatic carbocycles. The lowest BCUT2D eigenvalue weighted by atomic mass is 10.1. The Balaban J connectivity index is 0.00000264. The van der Waals surface area contributed by atoms with Gasteiger partial charge in [-0.3, -0.25) is 0 Å². The minimum atomic E-state index is 0. The van der Waals surface area contributed by atoms with Crippen LogP contribution in [0.4, 0.5) is 5.69 Å². The Bertz CT molecular complexity index is 406. The molecule has 0 saturated carbocycles. The van der Waals surface area contributed by atoms with Crippen LogP contribution < -0.4 is 10.1 Å². The number of hydrogen-bond donors (Lipinski definition) is 1. The lowest BCUT2D eigenvalue weighted by Crippen LogP contribution is -2.37. The predicted molar refractivity (Wildman–Crippen MR) is 109 cm³/mol. The Morgan fingerprint density at radius 1 is 1.00 bits per heavy atom. The van der Waals surface area contributed by atoms with Gasteiger partial charge in [0.2, 0.25) is 0 Å². The van der Waals surface area contributed by atoms with Crippen LogP contribution in [0.5, 0.6) is 5.75 Å². The van der Waals surface area contributed by atoms with Crippen molar-refractivity contribution in [3.05, 3.63) is 24.3 Å². The van der Waals surface area contributed by atoms with E-state index >= 15 is 0 Å². The summed E-state index contributed by atoms with van der Waals surface area (Å²) in [6, 6.07) is 8.47. The molecule has 0 bridgehead atoms. The quantitative estimate of drug-likeness (QED) is 0.585. The largest absolute Gasteiger partial charge is 0.490 e. The maximum Gasteiger partial charge on any atom is 0.119 e. The van der Waals surface area contributed by atoms with Crippen molar-refractivity contribution in [2.24, 2.45) is 0 Å². The van der Waals surface area contributed by atoms with Gasteiger partial charge in [-0.05, 0) is 50.1 Å². The van der Waals surface area contributed by atoms with Gasteiger partial charge in [-0.25, -0.2) is 0 Å².